The van der Waals surface area contributed by atoms with E-state index in [2.05, 4.69) is 100.0 Å². The van der Waals surface area contributed by atoms with Crippen LogP contribution >= 0.6 is 73.9 Å². The zero-order valence-corrected chi connectivity index (χ0v) is 92.7. The van der Waals surface area contributed by atoms with Crippen molar-refractivity contribution in [1.29, 1.82) is 0 Å². The SMILES string of the molecule is C#CCO.C/C=C(C)\C(O)=C/C.C/C=C\C(B(O)O)=C(/C)F.C=C/C=C(\C(=C)F)c1cn(C)c(=O)cc1Cl.C=C/C=C(\C(=C)OC(=C/C)/C(=C\C)CCCO)c1cn(C)c(=O)cc1Cl.C=C/C=C(\C(=C)OC(=C/C)/C(C)=C\C)c1cn(C)c(=O)cc1Cl.C=C/C=C(\C(=C)OC1=CCCC=C1C#CCO)c1cn(C)c(=O)cc1Cl.C=C/C=C1\C(=C)OC(/C=C\C)=C(/C)CCCOc2cc(=O)n(C)cc21.Cn1cc(Br)c(Cl)cc1=O. The normalized spacial score (nSPS) is 13.9. The van der Waals surface area contributed by atoms with Gasteiger partial charge in [-0.2, -0.15) is 0 Å². The molecule has 0 fully saturated rings. The fraction of sp³-hybridized carbons (Fsp3) is 0.241. The molecular weight excluding hydrogens is 2060 g/mol. The van der Waals surface area contributed by atoms with Crippen LogP contribution in [0.3, 0.4) is 0 Å². The third-order valence-electron chi connectivity index (χ3n) is 20.3. The van der Waals surface area contributed by atoms with Gasteiger partial charge in [0.25, 0.3) is 33.4 Å². The number of nitrogens with zero attached hydrogens (tertiary/aromatic N) is 6. The van der Waals surface area contributed by atoms with E-state index in [4.69, 9.17) is 112 Å². The Morgan fingerprint density at radius 1 is 0.554 bits per heavy atom. The molecule has 0 atom stereocenters. The van der Waals surface area contributed by atoms with Crippen molar-refractivity contribution in [1.82, 2.24) is 27.4 Å². The molecule has 0 aromatic carbocycles. The highest BCUT2D eigenvalue weighted by Gasteiger charge is 2.23. The Morgan fingerprint density at radius 2 is 0.973 bits per heavy atom. The van der Waals surface area contributed by atoms with Crippen LogP contribution in [0.4, 0.5) is 8.78 Å². The Balaban J connectivity index is 0.00000170. The van der Waals surface area contributed by atoms with Crippen molar-refractivity contribution in [2.24, 2.45) is 42.3 Å². The maximum Gasteiger partial charge on any atom is 0.491 e. The van der Waals surface area contributed by atoms with Crippen LogP contribution in [-0.2, 0) is 61.2 Å². The number of allylic oxidation sites excluding steroid dienone is 35. The third kappa shape index (κ3) is 46.1. The number of aliphatic hydroxyl groups excluding tert-OH is 4. The van der Waals surface area contributed by atoms with Crippen LogP contribution in [0.15, 0.2) is 403 Å². The first kappa shape index (κ1) is 134. The first-order valence-electron chi connectivity index (χ1n) is 45.7. The molecule has 0 saturated heterocycles. The molecule has 0 spiro atoms. The molecule has 0 radical (unpaired) electrons. The number of rotatable bonds is 28. The molecule has 6 aromatic rings. The standard InChI is InChI=1S/C21H20ClNO3.C21H26ClNO3.C21H25NO3.C19H22ClNO2.C12H11ClFNO.C7H12O.C6H10BFO2.C6H5BrClNO.C3H4O/c1-4-8-17(18-14-23(3)21(25)13-19(18)22)15(2)26-20-11-6-5-9-16(20)10-7-12-24;1-6-10-17(18-14-23(5)21(25)13-19(18)22)15(4)26-20(8-3)16(7-2)11-9-12-24;1-6-9-17-16(4)25-19(10-7-2)15(3)11-8-12-24-20-13-21(23)22(5)14-18(17)20;1-7-10-15(14(5)23-18(9-3)13(4)8-2)16-12-21(6)19(22)11-17(16)20;1-4-5-9(8(2)14)10-7-15(3)12(16)6-11(10)13;1-4-6(3)7(8)5-2;1-3-4-6(5(2)8)7(9)10;1-9-3-4(7)5(8)2-6(9)10;1-2-3-4/h4,8-9,11,13-14,24H,1-2,5-6,12H2,3H3;6-8,10,13-14,24H,1,4,9,11-12H2,2-3,5H3;6-7,9-10,13-14H,1,4,8,11-12H2,2-3,5H3;7-12H,1,5H2,2-4,6H3;4-7H,1-2H2,3H3;4-5,8H,1-3H3;3-4,9-10H,1-2H3;2-3H,1H3;1,4H,3H2/b17-8+;16-7-,17-10+,20-8+;10-7-,17-9+,19-15-;13-8-,15-10+,18-9+;9-5+;6-4-,7-5+;4-3-,6-5-;;. The Kier molecular flexibility index (Phi) is 65.8. The van der Waals surface area contributed by atoms with Crippen molar-refractivity contribution >= 4 is 109 Å². The number of aryl methyl sites for hydroxylation is 6. The third-order valence-corrected chi connectivity index (χ3v) is 22.7. The summed E-state index contributed by atoms with van der Waals surface area (Å²) in [5.41, 5.74) is 9.52. The number of fused-ring (bicyclic) bond motifs is 1. The van der Waals surface area contributed by atoms with Gasteiger partial charge in [-0.25, -0.2) is 8.78 Å². The summed E-state index contributed by atoms with van der Waals surface area (Å²) in [5.74, 6) is 11.6. The molecule has 0 amide bonds. The van der Waals surface area contributed by atoms with E-state index in [1.165, 1.54) is 101 Å². The molecule has 1 aliphatic heterocycles. The monoisotopic (exact) mass is 2190 g/mol. The van der Waals surface area contributed by atoms with Crippen LogP contribution in [0.2, 0.25) is 25.1 Å². The molecule has 6 N–H and O–H groups in total. The molecule has 790 valence electrons. The van der Waals surface area contributed by atoms with Gasteiger partial charge in [0.15, 0.2) is 0 Å². The molecule has 23 nitrogen and oxygen atoms in total. The average Bonchev–Trinajstić information content (AvgIpc) is 1.09. The number of hydrogen-bond acceptors (Lipinski definition) is 17. The zero-order chi connectivity index (χ0) is 113. The highest BCUT2D eigenvalue weighted by Crippen LogP contribution is 2.38. The molecule has 0 saturated carbocycles. The van der Waals surface area contributed by atoms with Gasteiger partial charge in [-0.05, 0) is 190 Å². The van der Waals surface area contributed by atoms with Gasteiger partial charge in [0.05, 0.1) is 47.6 Å². The van der Waals surface area contributed by atoms with Gasteiger partial charge in [-0.1, -0.05) is 245 Å². The molecule has 0 unspecified atom stereocenters. The van der Waals surface area contributed by atoms with Crippen LogP contribution in [0.1, 0.15) is 149 Å². The fourth-order valence-corrected chi connectivity index (χ4v) is 13.8. The van der Waals surface area contributed by atoms with Crippen molar-refractivity contribution in [2.75, 3.05) is 26.4 Å². The van der Waals surface area contributed by atoms with Gasteiger partial charge in [0.2, 0.25) is 0 Å². The summed E-state index contributed by atoms with van der Waals surface area (Å²) in [7, 11) is 8.18. The summed E-state index contributed by atoms with van der Waals surface area (Å²) in [6, 6.07) is 8.18. The molecule has 32 heteroatoms. The predicted octanol–water partition coefficient (Wildman–Crippen LogP) is 25.8. The van der Waals surface area contributed by atoms with Crippen LogP contribution < -0.4 is 38.1 Å². The second kappa shape index (κ2) is 72.5. The van der Waals surface area contributed by atoms with Crippen molar-refractivity contribution in [2.45, 2.75) is 122 Å². The van der Waals surface area contributed by atoms with Crippen molar-refractivity contribution in [3.05, 3.63) is 489 Å². The lowest BCUT2D eigenvalue weighted by Crippen LogP contribution is -2.17. The number of aliphatic hydroxyl groups is 4. The maximum absolute atomic E-state index is 13.2. The van der Waals surface area contributed by atoms with E-state index in [9.17, 15) is 37.5 Å². The van der Waals surface area contributed by atoms with Crippen LogP contribution in [0.25, 0.3) is 27.9 Å². The van der Waals surface area contributed by atoms with Gasteiger partial charge in [-0.15, -0.1) is 6.42 Å². The van der Waals surface area contributed by atoms with Gasteiger partial charge in [-0.3, -0.25) is 28.8 Å². The second-order valence-corrected chi connectivity index (χ2v) is 33.9. The lowest BCUT2D eigenvalue weighted by Gasteiger charge is -2.18. The summed E-state index contributed by atoms with van der Waals surface area (Å²) >= 11 is 33.4. The Hall–Kier alpha value is -13.7. The summed E-state index contributed by atoms with van der Waals surface area (Å²) in [5, 5.41) is 53.2. The number of aromatic nitrogens is 6. The minimum Gasteiger partial charge on any atom is -0.508 e. The number of halogens is 8. The highest BCUT2D eigenvalue weighted by molar-refractivity contribution is 9.10. The van der Waals surface area contributed by atoms with E-state index < -0.39 is 18.8 Å². The van der Waals surface area contributed by atoms with Crippen LogP contribution in [0, 0.1) is 24.2 Å². The summed E-state index contributed by atoms with van der Waals surface area (Å²) < 4.78 is 64.7. The summed E-state index contributed by atoms with van der Waals surface area (Å²) in [6.45, 7) is 60.0. The smallest absolute Gasteiger partial charge is 0.491 e. The van der Waals surface area contributed by atoms with Crippen LogP contribution in [0.5, 0.6) is 5.75 Å². The van der Waals surface area contributed by atoms with E-state index >= 15 is 0 Å². The highest BCUT2D eigenvalue weighted by atomic mass is 79.9. The molecule has 6 aromatic heterocycles. The molecule has 2 aliphatic rings. The van der Waals surface area contributed by atoms with E-state index in [1.807, 2.05) is 136 Å². The zero-order valence-electron chi connectivity index (χ0n) is 87.3. The topological polar surface area (TPSA) is 300 Å². The van der Waals surface area contributed by atoms with Crippen molar-refractivity contribution in [3.63, 3.8) is 0 Å². The van der Waals surface area contributed by atoms with Gasteiger partial charge >= 0.3 is 7.12 Å². The molecule has 0 bridgehead atoms. The molecular formula is C116H135BBrCl5F2N6O17. The van der Waals surface area contributed by atoms with E-state index in [0.29, 0.717) is 136 Å². The number of terminal acetylenes is 1. The fourth-order valence-electron chi connectivity index (χ4n) is 12.2. The van der Waals surface area contributed by atoms with Gasteiger partial charge < -0.3 is 81.6 Å². The van der Waals surface area contributed by atoms with E-state index in [0.717, 1.165) is 69.3 Å². The second-order valence-electron chi connectivity index (χ2n) is 31.1. The van der Waals surface area contributed by atoms with Crippen molar-refractivity contribution in [3.8, 4) is 29.9 Å². The quantitative estimate of drug-likeness (QED) is 0.0115. The minimum absolute atomic E-state index is 0.0949. The predicted molar refractivity (Wildman–Crippen MR) is 615 cm³/mol. The van der Waals surface area contributed by atoms with Crippen LogP contribution in [-0.4, -0.2) is 91.4 Å². The number of hydrogen-bond donors (Lipinski definition) is 6. The molecule has 7 heterocycles. The van der Waals surface area contributed by atoms with Gasteiger partial charge in [0, 0.05) is 184 Å². The molecule has 148 heavy (non-hydrogen) atoms. The first-order valence-corrected chi connectivity index (χ1v) is 48.4. The largest absolute Gasteiger partial charge is 0.508 e. The molecule has 1 aliphatic carbocycles. The Bertz CT molecular complexity index is 6840. The van der Waals surface area contributed by atoms with E-state index in [1.54, 1.807) is 129 Å². The minimum atomic E-state index is -1.72. The summed E-state index contributed by atoms with van der Waals surface area (Å²) in [6.07, 6.45) is 57.2. The Labute approximate surface area is 902 Å². The lowest BCUT2D eigenvalue weighted by molar-refractivity contribution is 0.284. The lowest BCUT2D eigenvalue weighted by atomic mass is 9.78. The first-order chi connectivity index (χ1) is 70.0. The average molecular weight is 2190 g/mol. The number of ether oxygens (including phenoxy) is 5. The summed E-state index contributed by atoms with van der Waals surface area (Å²) in [4.78, 5) is 69.3. The van der Waals surface area contributed by atoms with Crippen molar-refractivity contribution < 1.29 is 62.9 Å². The Morgan fingerprint density at radius 3 is 1.34 bits per heavy atom. The van der Waals surface area contributed by atoms with Gasteiger partial charge in [0.1, 0.15) is 76.6 Å². The van der Waals surface area contributed by atoms with E-state index in [-0.39, 0.29) is 69.2 Å². The molecule has 8 rings (SSSR count). The number of pyridine rings is 6. The maximum atomic E-state index is 13.2.